The third-order valence-corrected chi connectivity index (χ3v) is 6.47. The predicted molar refractivity (Wildman–Crippen MR) is 147 cm³/mol. The Morgan fingerprint density at radius 2 is 1.94 bits per heavy atom. The van der Waals surface area contributed by atoms with Crippen molar-refractivity contribution >= 4 is 55.6 Å². The summed E-state index contributed by atoms with van der Waals surface area (Å²) in [6.07, 6.45) is 2.14. The van der Waals surface area contributed by atoms with Crippen LogP contribution in [0.2, 0.25) is 0 Å². The van der Waals surface area contributed by atoms with Crippen molar-refractivity contribution in [3.05, 3.63) is 95.8 Å². The monoisotopic (exact) mass is 649 g/mol. The second-order valence-electron chi connectivity index (χ2n) is 7.55. The first-order valence-electron chi connectivity index (χ1n) is 11.0. The Hall–Kier alpha value is -2.79. The molecular formula is C26H22BrFIN3O3. The summed E-state index contributed by atoms with van der Waals surface area (Å²) in [7, 11) is 0. The van der Waals surface area contributed by atoms with Gasteiger partial charge >= 0.3 is 0 Å². The second-order valence-corrected chi connectivity index (χ2v) is 9.63. The molecule has 35 heavy (non-hydrogen) atoms. The predicted octanol–water partition coefficient (Wildman–Crippen LogP) is 6.33. The van der Waals surface area contributed by atoms with Gasteiger partial charge in [-0.25, -0.2) is 9.37 Å². The van der Waals surface area contributed by atoms with E-state index in [-0.39, 0.29) is 18.0 Å². The zero-order chi connectivity index (χ0) is 24.9. The lowest BCUT2D eigenvalue weighted by Gasteiger charge is -2.15. The standard InChI is InChI=1S/C26H22BrFIN3O3/c1-3-24-31-22-10-9-18(27)13-19(22)26(33)32(24)30-14-16-11-21(29)25(23(12-16)34-4-2)35-15-17-7-5-6-8-20(17)28/h5-14H,3-4,15H2,1-2H3. The van der Waals surface area contributed by atoms with Crippen LogP contribution in [-0.2, 0) is 13.0 Å². The van der Waals surface area contributed by atoms with E-state index in [9.17, 15) is 9.18 Å². The number of aromatic nitrogens is 2. The summed E-state index contributed by atoms with van der Waals surface area (Å²) in [6, 6.07) is 15.6. The van der Waals surface area contributed by atoms with Crippen molar-refractivity contribution in [2.24, 2.45) is 5.10 Å². The highest BCUT2D eigenvalue weighted by molar-refractivity contribution is 14.1. The topological polar surface area (TPSA) is 65.7 Å². The van der Waals surface area contributed by atoms with Crippen LogP contribution in [0.4, 0.5) is 4.39 Å². The summed E-state index contributed by atoms with van der Waals surface area (Å²) in [6.45, 7) is 4.30. The van der Waals surface area contributed by atoms with Gasteiger partial charge in [-0.2, -0.15) is 9.78 Å². The molecule has 0 N–H and O–H groups in total. The van der Waals surface area contributed by atoms with Crippen LogP contribution in [-0.4, -0.2) is 22.5 Å². The molecule has 0 saturated carbocycles. The van der Waals surface area contributed by atoms with Gasteiger partial charge in [0.1, 0.15) is 18.2 Å². The number of rotatable bonds is 8. The molecule has 0 bridgehead atoms. The van der Waals surface area contributed by atoms with E-state index in [0.29, 0.717) is 46.8 Å². The van der Waals surface area contributed by atoms with Crippen LogP contribution >= 0.6 is 38.5 Å². The van der Waals surface area contributed by atoms with Gasteiger partial charge in [-0.05, 0) is 71.5 Å². The van der Waals surface area contributed by atoms with Gasteiger partial charge < -0.3 is 9.47 Å². The smallest absolute Gasteiger partial charge is 0.282 e. The molecule has 0 spiro atoms. The fourth-order valence-electron chi connectivity index (χ4n) is 3.50. The summed E-state index contributed by atoms with van der Waals surface area (Å²) in [5.74, 6) is 1.28. The Kier molecular flexibility index (Phi) is 8.17. The van der Waals surface area contributed by atoms with Crippen LogP contribution in [0.1, 0.15) is 30.8 Å². The zero-order valence-corrected chi connectivity index (χ0v) is 22.8. The molecule has 4 rings (SSSR count). The van der Waals surface area contributed by atoms with E-state index in [1.807, 2.05) is 32.0 Å². The van der Waals surface area contributed by atoms with Crippen LogP contribution in [0.15, 0.2) is 69.0 Å². The van der Waals surface area contributed by atoms with E-state index in [4.69, 9.17) is 9.47 Å². The van der Waals surface area contributed by atoms with Gasteiger partial charge in [0.15, 0.2) is 11.5 Å². The average molecular weight is 650 g/mol. The lowest BCUT2D eigenvalue weighted by atomic mass is 10.2. The molecule has 0 radical (unpaired) electrons. The molecule has 4 aromatic rings. The molecule has 0 aliphatic carbocycles. The number of nitrogens with zero attached hydrogens (tertiary/aromatic N) is 3. The number of hydrogen-bond donors (Lipinski definition) is 0. The van der Waals surface area contributed by atoms with Gasteiger partial charge in [0.25, 0.3) is 5.56 Å². The summed E-state index contributed by atoms with van der Waals surface area (Å²) in [5, 5.41) is 4.94. The van der Waals surface area contributed by atoms with E-state index in [1.165, 1.54) is 10.7 Å². The highest BCUT2D eigenvalue weighted by Crippen LogP contribution is 2.34. The quantitative estimate of drug-likeness (QED) is 0.165. The molecule has 0 unspecified atom stereocenters. The van der Waals surface area contributed by atoms with Gasteiger partial charge in [-0.1, -0.05) is 41.1 Å². The summed E-state index contributed by atoms with van der Waals surface area (Å²) < 4.78 is 28.6. The maximum Gasteiger partial charge on any atom is 0.282 e. The molecular weight excluding hydrogens is 628 g/mol. The molecule has 0 aliphatic heterocycles. The van der Waals surface area contributed by atoms with E-state index in [2.05, 4.69) is 48.6 Å². The van der Waals surface area contributed by atoms with Gasteiger partial charge in [-0.15, -0.1) is 0 Å². The van der Waals surface area contributed by atoms with Crippen LogP contribution in [0, 0.1) is 9.39 Å². The fourth-order valence-corrected chi connectivity index (χ4v) is 4.64. The lowest BCUT2D eigenvalue weighted by Crippen LogP contribution is -2.22. The minimum absolute atomic E-state index is 0.0732. The van der Waals surface area contributed by atoms with Crippen LogP contribution in [0.3, 0.4) is 0 Å². The largest absolute Gasteiger partial charge is 0.490 e. The number of aryl methyl sites for hydroxylation is 1. The molecule has 180 valence electrons. The number of fused-ring (bicyclic) bond motifs is 1. The first-order valence-corrected chi connectivity index (χ1v) is 12.9. The average Bonchev–Trinajstić information content (AvgIpc) is 2.84. The van der Waals surface area contributed by atoms with Crippen LogP contribution in [0.5, 0.6) is 11.5 Å². The number of benzene rings is 3. The molecule has 0 fully saturated rings. The fraction of sp³-hybridized carbons (Fsp3) is 0.192. The minimum atomic E-state index is -0.322. The molecule has 1 heterocycles. The third-order valence-electron chi connectivity index (χ3n) is 5.18. The van der Waals surface area contributed by atoms with Crippen molar-refractivity contribution in [2.45, 2.75) is 26.9 Å². The summed E-state index contributed by atoms with van der Waals surface area (Å²) in [5.41, 5.74) is 1.57. The van der Waals surface area contributed by atoms with E-state index in [0.717, 1.165) is 13.6 Å². The van der Waals surface area contributed by atoms with Crippen molar-refractivity contribution in [2.75, 3.05) is 6.61 Å². The first kappa shape index (κ1) is 25.3. The molecule has 0 amide bonds. The van der Waals surface area contributed by atoms with E-state index < -0.39 is 0 Å². The normalized spacial score (nSPS) is 11.3. The highest BCUT2D eigenvalue weighted by Gasteiger charge is 2.14. The lowest BCUT2D eigenvalue weighted by molar-refractivity contribution is 0.264. The van der Waals surface area contributed by atoms with Gasteiger partial charge in [0.05, 0.1) is 27.3 Å². The first-order chi connectivity index (χ1) is 16.9. The maximum absolute atomic E-state index is 14.0. The Labute approximate surface area is 224 Å². The van der Waals surface area contributed by atoms with E-state index in [1.54, 1.807) is 36.5 Å². The Morgan fingerprint density at radius 3 is 2.69 bits per heavy atom. The summed E-state index contributed by atoms with van der Waals surface area (Å²) >= 11 is 5.56. The molecule has 0 atom stereocenters. The molecule has 9 heteroatoms. The number of hydrogen-bond acceptors (Lipinski definition) is 5. The molecule has 6 nitrogen and oxygen atoms in total. The molecule has 0 aliphatic rings. The van der Waals surface area contributed by atoms with Crippen molar-refractivity contribution in [3.63, 3.8) is 0 Å². The number of ether oxygens (including phenoxy) is 2. The van der Waals surface area contributed by atoms with Crippen LogP contribution in [0.25, 0.3) is 10.9 Å². The SMILES string of the molecule is CCOc1cc(C=Nn2c(CC)nc3ccc(Br)cc3c2=O)cc(I)c1OCc1ccccc1F. The Balaban J connectivity index is 1.69. The van der Waals surface area contributed by atoms with Crippen LogP contribution < -0.4 is 15.0 Å². The van der Waals surface area contributed by atoms with Crippen molar-refractivity contribution < 1.29 is 13.9 Å². The molecule has 1 aromatic heterocycles. The molecule has 0 saturated heterocycles. The van der Waals surface area contributed by atoms with Gasteiger partial charge in [0, 0.05) is 16.5 Å². The highest BCUT2D eigenvalue weighted by atomic mass is 127. The maximum atomic E-state index is 14.0. The van der Waals surface area contributed by atoms with Crippen molar-refractivity contribution in [1.29, 1.82) is 0 Å². The second kappa shape index (κ2) is 11.3. The van der Waals surface area contributed by atoms with Gasteiger partial charge in [0.2, 0.25) is 0 Å². The Bertz CT molecular complexity index is 1470. The van der Waals surface area contributed by atoms with Crippen molar-refractivity contribution in [1.82, 2.24) is 9.66 Å². The Morgan fingerprint density at radius 1 is 1.14 bits per heavy atom. The van der Waals surface area contributed by atoms with E-state index >= 15 is 0 Å². The minimum Gasteiger partial charge on any atom is -0.490 e. The summed E-state index contributed by atoms with van der Waals surface area (Å²) in [4.78, 5) is 17.7. The zero-order valence-electron chi connectivity index (χ0n) is 19.1. The molecule has 3 aromatic carbocycles. The number of halogens is 3. The van der Waals surface area contributed by atoms with Crippen molar-refractivity contribution in [3.8, 4) is 11.5 Å². The third kappa shape index (κ3) is 5.72. The van der Waals surface area contributed by atoms with Gasteiger partial charge in [-0.3, -0.25) is 4.79 Å².